The number of nitrogens with zero attached hydrogens (tertiary/aromatic N) is 2. The second kappa shape index (κ2) is 2.41. The Morgan fingerprint density at radius 3 is 2.83 bits per heavy atom. The molecule has 4 nitrogen and oxygen atoms in total. The van der Waals surface area contributed by atoms with Crippen molar-refractivity contribution in [1.82, 2.24) is 0 Å². The van der Waals surface area contributed by atoms with E-state index in [9.17, 15) is 10.1 Å². The highest BCUT2D eigenvalue weighted by Gasteiger charge is 2.24. The Balaban J connectivity index is 2.41. The first-order valence-electron chi connectivity index (χ1n) is 3.57. The smallest absolute Gasteiger partial charge is 0.344 e. The molecule has 0 aliphatic carbocycles. The summed E-state index contributed by atoms with van der Waals surface area (Å²) in [6.45, 7) is 0. The number of rotatable bonds is 0. The summed E-state index contributed by atoms with van der Waals surface area (Å²) in [5.74, 6) is 0.0381. The number of nitro groups is 1. The number of para-hydroxylation sites is 1. The fourth-order valence-corrected chi connectivity index (χ4v) is 1.22. The summed E-state index contributed by atoms with van der Waals surface area (Å²) in [5.41, 5.74) is 1.66. The van der Waals surface area contributed by atoms with Crippen molar-refractivity contribution in [1.29, 1.82) is 0 Å². The summed E-state index contributed by atoms with van der Waals surface area (Å²) in [7, 11) is 0. The van der Waals surface area contributed by atoms with Gasteiger partial charge in [-0.15, -0.1) is 0 Å². The molecule has 1 aliphatic heterocycles. The van der Waals surface area contributed by atoms with Crippen molar-refractivity contribution in [2.24, 2.45) is 4.99 Å². The van der Waals surface area contributed by atoms with Crippen LogP contribution in [0.3, 0.4) is 0 Å². The molecule has 2 rings (SSSR count). The van der Waals surface area contributed by atoms with Gasteiger partial charge in [-0.1, -0.05) is 18.2 Å². The van der Waals surface area contributed by atoms with Gasteiger partial charge < -0.3 is 10.1 Å². The lowest BCUT2D eigenvalue weighted by atomic mass is 10.1. The number of fused-ring (bicyclic) bond motifs is 1. The maximum atomic E-state index is 10.3. The molecule has 1 heterocycles. The van der Waals surface area contributed by atoms with E-state index in [1.807, 2.05) is 18.2 Å². The lowest BCUT2D eigenvalue weighted by Crippen LogP contribution is -2.10. The topological polar surface area (TPSA) is 55.5 Å². The standard InChI is InChI=1S/C8H6N2O2/c11-10(12)8-5-6-3-1-2-4-7(6)9-8/h1-4H,5H2. The molecule has 0 saturated heterocycles. The molecular formula is C8H6N2O2. The van der Waals surface area contributed by atoms with Gasteiger partial charge >= 0.3 is 5.84 Å². The highest BCUT2D eigenvalue weighted by Crippen LogP contribution is 2.25. The first-order valence-corrected chi connectivity index (χ1v) is 3.57. The summed E-state index contributed by atoms with van der Waals surface area (Å²) in [4.78, 5) is 13.8. The lowest BCUT2D eigenvalue weighted by molar-refractivity contribution is -0.352. The van der Waals surface area contributed by atoms with Crippen molar-refractivity contribution in [2.45, 2.75) is 6.42 Å². The average Bonchev–Trinajstić information content (AvgIpc) is 2.46. The summed E-state index contributed by atoms with van der Waals surface area (Å²) in [6, 6.07) is 7.32. The van der Waals surface area contributed by atoms with Crippen molar-refractivity contribution in [3.63, 3.8) is 0 Å². The van der Waals surface area contributed by atoms with Crippen LogP contribution in [0.5, 0.6) is 0 Å². The number of benzene rings is 1. The van der Waals surface area contributed by atoms with Crippen molar-refractivity contribution in [2.75, 3.05) is 0 Å². The van der Waals surface area contributed by atoms with Crippen LogP contribution in [0, 0.1) is 10.1 Å². The Bertz CT molecular complexity index is 371. The SMILES string of the molecule is O=[N+]([O-])C1=Nc2ccccc2C1. The van der Waals surface area contributed by atoms with Crippen LogP contribution in [0.1, 0.15) is 5.56 Å². The second-order valence-electron chi connectivity index (χ2n) is 2.59. The Morgan fingerprint density at radius 1 is 1.42 bits per heavy atom. The summed E-state index contributed by atoms with van der Waals surface area (Å²) < 4.78 is 0. The van der Waals surface area contributed by atoms with E-state index in [4.69, 9.17) is 0 Å². The Morgan fingerprint density at radius 2 is 2.17 bits per heavy atom. The molecule has 4 heteroatoms. The normalized spacial score (nSPS) is 13.8. The largest absolute Gasteiger partial charge is 0.358 e. The van der Waals surface area contributed by atoms with E-state index in [1.54, 1.807) is 6.07 Å². The van der Waals surface area contributed by atoms with Gasteiger partial charge in [0.2, 0.25) is 0 Å². The van der Waals surface area contributed by atoms with Gasteiger partial charge in [0.15, 0.2) is 5.69 Å². The molecule has 0 amide bonds. The van der Waals surface area contributed by atoms with E-state index in [0.29, 0.717) is 6.42 Å². The highest BCUT2D eigenvalue weighted by molar-refractivity contribution is 5.86. The minimum absolute atomic E-state index is 0.0381. The minimum atomic E-state index is -0.431. The van der Waals surface area contributed by atoms with Crippen LogP contribution in [0.25, 0.3) is 0 Å². The van der Waals surface area contributed by atoms with Crippen LogP contribution in [-0.2, 0) is 6.42 Å². The third-order valence-electron chi connectivity index (χ3n) is 1.80. The van der Waals surface area contributed by atoms with Gasteiger partial charge in [0, 0.05) is 5.56 Å². The van der Waals surface area contributed by atoms with Crippen molar-refractivity contribution < 1.29 is 4.92 Å². The number of hydrogen-bond acceptors (Lipinski definition) is 3. The zero-order valence-electron chi connectivity index (χ0n) is 6.23. The molecule has 0 unspecified atom stereocenters. The quantitative estimate of drug-likeness (QED) is 0.429. The monoisotopic (exact) mass is 162 g/mol. The summed E-state index contributed by atoms with van der Waals surface area (Å²) in [5, 5.41) is 10.3. The fraction of sp³-hybridized carbons (Fsp3) is 0.125. The molecule has 0 spiro atoms. The molecule has 1 aliphatic rings. The van der Waals surface area contributed by atoms with Gasteiger partial charge in [-0.2, -0.15) is 0 Å². The summed E-state index contributed by atoms with van der Waals surface area (Å²) in [6.07, 6.45) is 0.350. The van der Waals surface area contributed by atoms with Gasteiger partial charge in [-0.3, -0.25) is 0 Å². The number of aliphatic imine (C=N–C) groups is 1. The van der Waals surface area contributed by atoms with Crippen molar-refractivity contribution >= 4 is 11.5 Å². The number of hydrogen-bond donors (Lipinski definition) is 0. The van der Waals surface area contributed by atoms with Gasteiger partial charge in [0.1, 0.15) is 0 Å². The third-order valence-corrected chi connectivity index (χ3v) is 1.80. The zero-order valence-corrected chi connectivity index (χ0v) is 6.23. The maximum Gasteiger partial charge on any atom is 0.344 e. The van der Waals surface area contributed by atoms with Crippen LogP contribution >= 0.6 is 0 Å². The van der Waals surface area contributed by atoms with E-state index in [0.717, 1.165) is 11.3 Å². The van der Waals surface area contributed by atoms with Crippen LogP contribution in [0.4, 0.5) is 5.69 Å². The second-order valence-corrected chi connectivity index (χ2v) is 2.59. The Kier molecular flexibility index (Phi) is 1.40. The zero-order chi connectivity index (χ0) is 8.55. The van der Waals surface area contributed by atoms with Crippen LogP contribution in [0.15, 0.2) is 29.3 Å². The lowest BCUT2D eigenvalue weighted by Gasteiger charge is -1.89. The molecule has 60 valence electrons. The molecular weight excluding hydrogens is 156 g/mol. The first-order chi connectivity index (χ1) is 5.77. The van der Waals surface area contributed by atoms with Gasteiger partial charge in [0.25, 0.3) is 0 Å². The predicted octanol–water partition coefficient (Wildman–Crippen LogP) is 1.55. The molecule has 0 radical (unpaired) electrons. The fourth-order valence-electron chi connectivity index (χ4n) is 1.22. The molecule has 0 aromatic heterocycles. The number of amidine groups is 1. The Labute approximate surface area is 68.7 Å². The maximum absolute atomic E-state index is 10.3. The first kappa shape index (κ1) is 6.97. The van der Waals surface area contributed by atoms with E-state index in [1.165, 1.54) is 0 Å². The van der Waals surface area contributed by atoms with E-state index in [2.05, 4.69) is 4.99 Å². The van der Waals surface area contributed by atoms with E-state index < -0.39 is 4.92 Å². The van der Waals surface area contributed by atoms with E-state index >= 15 is 0 Å². The van der Waals surface area contributed by atoms with Crippen LogP contribution in [-0.4, -0.2) is 10.8 Å². The van der Waals surface area contributed by atoms with Gasteiger partial charge in [-0.05, 0) is 16.0 Å². The molecule has 0 fully saturated rings. The van der Waals surface area contributed by atoms with Crippen molar-refractivity contribution in [3.8, 4) is 0 Å². The van der Waals surface area contributed by atoms with Gasteiger partial charge in [-0.25, -0.2) is 0 Å². The van der Waals surface area contributed by atoms with Crippen LogP contribution < -0.4 is 0 Å². The third kappa shape index (κ3) is 0.972. The molecule has 1 aromatic carbocycles. The van der Waals surface area contributed by atoms with Crippen molar-refractivity contribution in [3.05, 3.63) is 39.9 Å². The summed E-state index contributed by atoms with van der Waals surface area (Å²) >= 11 is 0. The molecule has 12 heavy (non-hydrogen) atoms. The predicted molar refractivity (Wildman–Crippen MR) is 44.2 cm³/mol. The molecule has 1 aromatic rings. The minimum Gasteiger partial charge on any atom is -0.358 e. The van der Waals surface area contributed by atoms with Crippen LogP contribution in [0.2, 0.25) is 0 Å². The molecule has 0 atom stereocenters. The average molecular weight is 162 g/mol. The van der Waals surface area contributed by atoms with E-state index in [-0.39, 0.29) is 5.84 Å². The molecule has 0 bridgehead atoms. The Hall–Kier alpha value is -1.71. The molecule has 0 saturated carbocycles. The molecule has 0 N–H and O–H groups in total. The highest BCUT2D eigenvalue weighted by atomic mass is 16.6. The van der Waals surface area contributed by atoms with Gasteiger partial charge in [0.05, 0.1) is 6.42 Å².